The summed E-state index contributed by atoms with van der Waals surface area (Å²) < 4.78 is 57.1. The predicted octanol–water partition coefficient (Wildman–Crippen LogP) is 3.91. The van der Waals surface area contributed by atoms with Crippen LogP contribution in [-0.2, 0) is 18.6 Å². The Bertz CT molecular complexity index is 309. The van der Waals surface area contributed by atoms with E-state index in [1.807, 2.05) is 0 Å². The first-order valence-electron chi connectivity index (χ1n) is 8.04. The van der Waals surface area contributed by atoms with Gasteiger partial charge in [0.1, 0.15) is 0 Å². The monoisotopic (exact) mass is 359 g/mol. The highest BCUT2D eigenvalue weighted by molar-refractivity contribution is 6.74. The SMILES string of the molecule is CC(C)(C)[Si](C)(C)OCCOCCOCCOCC[B-](F)(F)F. The second-order valence-electron chi connectivity index (χ2n) is 6.94. The molecule has 0 atom stereocenters. The summed E-state index contributed by atoms with van der Waals surface area (Å²) in [4.78, 5) is 0. The van der Waals surface area contributed by atoms with E-state index in [1.54, 1.807) is 0 Å². The molecule has 0 aromatic rings. The molecule has 0 saturated heterocycles. The van der Waals surface area contributed by atoms with Crippen LogP contribution in [0, 0.1) is 0 Å². The molecule has 0 aliphatic rings. The lowest BCUT2D eigenvalue weighted by Crippen LogP contribution is -2.41. The summed E-state index contributed by atoms with van der Waals surface area (Å²) in [5, 5.41) is 0.184. The van der Waals surface area contributed by atoms with Crippen molar-refractivity contribution in [1.29, 1.82) is 0 Å². The normalized spacial score (nSPS) is 13.6. The van der Waals surface area contributed by atoms with Crippen LogP contribution in [0.3, 0.4) is 0 Å². The zero-order chi connectivity index (χ0) is 18.0. The van der Waals surface area contributed by atoms with Crippen molar-refractivity contribution in [3.8, 4) is 0 Å². The molecular weight excluding hydrogens is 328 g/mol. The summed E-state index contributed by atoms with van der Waals surface area (Å²) in [6, 6.07) is 0. The Hall–Kier alpha value is -0.0882. The summed E-state index contributed by atoms with van der Waals surface area (Å²) in [6.45, 7) is 8.24. The fraction of sp³-hybridized carbons (Fsp3) is 1.00. The average molecular weight is 359 g/mol. The Morgan fingerprint density at radius 1 is 0.739 bits per heavy atom. The number of hydrogen-bond donors (Lipinski definition) is 0. The van der Waals surface area contributed by atoms with Gasteiger partial charge in [-0.2, -0.15) is 0 Å². The van der Waals surface area contributed by atoms with Gasteiger partial charge >= 0.3 is 6.98 Å². The lowest BCUT2D eigenvalue weighted by Gasteiger charge is -2.36. The maximum Gasteiger partial charge on any atom is 0.480 e. The minimum absolute atomic E-state index is 0.167. The highest BCUT2D eigenvalue weighted by atomic mass is 28.4. The fourth-order valence-corrected chi connectivity index (χ4v) is 2.36. The van der Waals surface area contributed by atoms with Crippen LogP contribution < -0.4 is 0 Å². The lowest BCUT2D eigenvalue weighted by atomic mass is 9.87. The molecule has 0 rings (SSSR count). The standard InChI is InChI=1S/C14H31BF3O4Si/c1-14(2,3)23(4,5)22-13-12-21-11-10-20-9-8-19-7-6-15(16,17)18/h6-13H2,1-5H3/q-1. The van der Waals surface area contributed by atoms with E-state index in [0.29, 0.717) is 26.4 Å². The zero-order valence-corrected chi connectivity index (χ0v) is 16.0. The second-order valence-corrected chi connectivity index (χ2v) is 11.8. The predicted molar refractivity (Wildman–Crippen MR) is 89.5 cm³/mol. The minimum atomic E-state index is -4.75. The summed E-state index contributed by atoms with van der Waals surface area (Å²) in [5.74, 6) is 0. The van der Waals surface area contributed by atoms with E-state index in [2.05, 4.69) is 33.9 Å². The molecule has 0 aromatic heterocycles. The largest absolute Gasteiger partial charge is 0.480 e. The van der Waals surface area contributed by atoms with Gasteiger partial charge in [0.25, 0.3) is 0 Å². The van der Waals surface area contributed by atoms with E-state index in [9.17, 15) is 12.9 Å². The molecule has 23 heavy (non-hydrogen) atoms. The number of ether oxygens (including phenoxy) is 3. The Balaban J connectivity index is 3.35. The molecule has 0 N–H and O–H groups in total. The van der Waals surface area contributed by atoms with E-state index in [1.165, 1.54) is 0 Å². The quantitative estimate of drug-likeness (QED) is 0.369. The molecule has 0 radical (unpaired) electrons. The van der Waals surface area contributed by atoms with Crippen LogP contribution in [0.4, 0.5) is 12.9 Å². The molecular formula is C14H31BF3O4Si-. The Morgan fingerprint density at radius 3 is 1.52 bits per heavy atom. The van der Waals surface area contributed by atoms with Crippen LogP contribution in [0.25, 0.3) is 0 Å². The van der Waals surface area contributed by atoms with Gasteiger partial charge < -0.3 is 31.6 Å². The summed E-state index contributed by atoms with van der Waals surface area (Å²) in [6.07, 6.45) is -0.864. The van der Waals surface area contributed by atoms with Crippen LogP contribution in [0.5, 0.6) is 0 Å². The van der Waals surface area contributed by atoms with Crippen LogP contribution in [0.2, 0.25) is 24.5 Å². The number of halogens is 3. The van der Waals surface area contributed by atoms with Crippen LogP contribution in [0.1, 0.15) is 20.8 Å². The van der Waals surface area contributed by atoms with Gasteiger partial charge in [-0.15, -0.1) is 0 Å². The third-order valence-electron chi connectivity index (χ3n) is 3.83. The molecule has 0 amide bonds. The van der Waals surface area contributed by atoms with Gasteiger partial charge in [0.05, 0.1) is 39.6 Å². The topological polar surface area (TPSA) is 36.9 Å². The van der Waals surface area contributed by atoms with Gasteiger partial charge in [0.2, 0.25) is 0 Å². The molecule has 0 spiro atoms. The van der Waals surface area contributed by atoms with Crippen molar-refractivity contribution < 1.29 is 31.6 Å². The Kier molecular flexibility index (Phi) is 10.7. The van der Waals surface area contributed by atoms with Crippen molar-refractivity contribution in [1.82, 2.24) is 0 Å². The van der Waals surface area contributed by atoms with Crippen LogP contribution in [-0.4, -0.2) is 61.5 Å². The molecule has 4 nitrogen and oxygen atoms in total. The van der Waals surface area contributed by atoms with Gasteiger partial charge in [-0.3, -0.25) is 0 Å². The van der Waals surface area contributed by atoms with Crippen molar-refractivity contribution in [2.45, 2.75) is 45.2 Å². The lowest BCUT2D eigenvalue weighted by molar-refractivity contribution is 0.00997. The maximum atomic E-state index is 11.9. The molecule has 0 aromatic carbocycles. The third kappa shape index (κ3) is 12.9. The van der Waals surface area contributed by atoms with Crippen molar-refractivity contribution in [2.24, 2.45) is 0 Å². The molecule has 0 bridgehead atoms. The van der Waals surface area contributed by atoms with E-state index in [4.69, 9.17) is 18.6 Å². The van der Waals surface area contributed by atoms with Gasteiger partial charge in [0.15, 0.2) is 8.32 Å². The van der Waals surface area contributed by atoms with Crippen molar-refractivity contribution >= 4 is 15.3 Å². The van der Waals surface area contributed by atoms with E-state index in [-0.39, 0.29) is 24.9 Å². The Morgan fingerprint density at radius 2 is 1.13 bits per heavy atom. The minimum Gasteiger partial charge on any atom is -0.449 e. The van der Waals surface area contributed by atoms with Gasteiger partial charge in [-0.05, 0) is 18.1 Å². The molecule has 0 heterocycles. The van der Waals surface area contributed by atoms with E-state index < -0.39 is 21.6 Å². The zero-order valence-electron chi connectivity index (χ0n) is 15.0. The fourth-order valence-electron chi connectivity index (χ4n) is 1.33. The Labute approximate surface area is 139 Å². The summed E-state index contributed by atoms with van der Waals surface area (Å²) >= 11 is 0. The third-order valence-corrected chi connectivity index (χ3v) is 8.37. The van der Waals surface area contributed by atoms with Crippen molar-refractivity contribution in [3.05, 3.63) is 0 Å². The maximum absolute atomic E-state index is 11.9. The van der Waals surface area contributed by atoms with Gasteiger partial charge in [-0.1, -0.05) is 27.1 Å². The first kappa shape index (κ1) is 22.9. The second kappa shape index (κ2) is 10.7. The summed E-state index contributed by atoms with van der Waals surface area (Å²) in [5.41, 5.74) is 0. The number of rotatable bonds is 13. The smallest absolute Gasteiger partial charge is 0.449 e. The highest BCUT2D eigenvalue weighted by Gasteiger charge is 2.36. The first-order valence-corrected chi connectivity index (χ1v) is 10.9. The first-order chi connectivity index (χ1) is 10.5. The van der Waals surface area contributed by atoms with Crippen molar-refractivity contribution in [2.75, 3.05) is 46.2 Å². The van der Waals surface area contributed by atoms with E-state index >= 15 is 0 Å². The molecule has 0 aliphatic heterocycles. The average Bonchev–Trinajstić information content (AvgIpc) is 2.37. The van der Waals surface area contributed by atoms with Crippen LogP contribution in [0.15, 0.2) is 0 Å². The number of hydrogen-bond acceptors (Lipinski definition) is 4. The molecule has 0 fully saturated rings. The molecule has 140 valence electrons. The molecule has 0 aliphatic carbocycles. The molecule has 0 saturated carbocycles. The summed E-state index contributed by atoms with van der Waals surface area (Å²) in [7, 11) is -1.72. The highest BCUT2D eigenvalue weighted by Crippen LogP contribution is 2.36. The molecule has 9 heteroatoms. The molecule has 0 unspecified atom stereocenters. The van der Waals surface area contributed by atoms with Crippen LogP contribution >= 0.6 is 0 Å². The van der Waals surface area contributed by atoms with Crippen molar-refractivity contribution in [3.63, 3.8) is 0 Å². The van der Waals surface area contributed by atoms with Gasteiger partial charge in [-0.25, -0.2) is 0 Å². The van der Waals surface area contributed by atoms with E-state index in [0.717, 1.165) is 0 Å². The van der Waals surface area contributed by atoms with Gasteiger partial charge in [0, 0.05) is 6.61 Å².